The van der Waals surface area contributed by atoms with Crippen molar-refractivity contribution in [2.45, 2.75) is 63.5 Å². The topological polar surface area (TPSA) is 40.6 Å². The van der Waals surface area contributed by atoms with Gasteiger partial charge in [-0.1, -0.05) is 56.9 Å². The Morgan fingerprint density at radius 3 is 1.62 bits per heavy atom. The lowest BCUT2D eigenvalue weighted by Gasteiger charge is -2.34. The first-order chi connectivity index (χ1) is 26.8. The van der Waals surface area contributed by atoms with Gasteiger partial charge in [-0.05, 0) is 114 Å². The number of hydrogen-bond acceptors (Lipinski definition) is 7. The van der Waals surface area contributed by atoms with Crippen LogP contribution in [0.3, 0.4) is 0 Å². The van der Waals surface area contributed by atoms with Crippen molar-refractivity contribution in [3.05, 3.63) is 114 Å². The molecule has 7 heterocycles. The van der Waals surface area contributed by atoms with Crippen molar-refractivity contribution in [2.24, 2.45) is 0 Å². The molecule has 5 aromatic rings. The molecule has 5 aromatic heterocycles. The fourth-order valence-electron chi connectivity index (χ4n) is 7.57. The predicted molar refractivity (Wildman–Crippen MR) is 254 cm³/mol. The normalized spacial score (nSPS) is 17.1. The van der Waals surface area contributed by atoms with Gasteiger partial charge >= 0.3 is 0 Å². The SMILES string of the molecule is C[C@H](CCCN1C(=O)C2=C(c3ccc(C4=CC=C(c5cccs5)C4)s3)N(CCC[Si](C)(C)C)C(=O)C2=C1c1ccc(-c2ccc(-c3cccs3)s2)s1)S(C)(C)C. The third-order valence-corrected chi connectivity index (χ3v) is 21.1. The zero-order valence-electron chi connectivity index (χ0n) is 33.3. The monoisotopic (exact) mass is 870 g/mol. The van der Waals surface area contributed by atoms with Crippen LogP contribution in [0.25, 0.3) is 42.0 Å². The predicted octanol–water partition coefficient (Wildman–Crippen LogP) is 13.6. The lowest BCUT2D eigenvalue weighted by atomic mass is 10.1. The molecule has 0 N–H and O–H groups in total. The van der Waals surface area contributed by atoms with Crippen LogP contribution >= 0.6 is 66.7 Å². The summed E-state index contributed by atoms with van der Waals surface area (Å²) >= 11 is 8.76. The van der Waals surface area contributed by atoms with Crippen molar-refractivity contribution in [1.29, 1.82) is 0 Å². The second kappa shape index (κ2) is 16.0. The molecule has 0 spiro atoms. The molecule has 0 saturated heterocycles. The summed E-state index contributed by atoms with van der Waals surface area (Å²) in [6.07, 6.45) is 15.4. The van der Waals surface area contributed by atoms with Crippen molar-refractivity contribution in [1.82, 2.24) is 9.80 Å². The summed E-state index contributed by atoms with van der Waals surface area (Å²) in [6, 6.07) is 22.8. The van der Waals surface area contributed by atoms with Crippen LogP contribution in [0.1, 0.15) is 52.1 Å². The molecule has 0 saturated carbocycles. The smallest absolute Gasteiger partial charge is 0.261 e. The Hall–Kier alpha value is -3.03. The summed E-state index contributed by atoms with van der Waals surface area (Å²) in [6.45, 7) is 10.7. The van der Waals surface area contributed by atoms with E-state index in [1.54, 1.807) is 56.7 Å². The number of hydrogen-bond donors (Lipinski definition) is 0. The number of allylic oxidation sites excluding steroid dienone is 4. The van der Waals surface area contributed by atoms with Gasteiger partial charge in [-0.2, -0.15) is 0 Å². The minimum Gasteiger partial charge on any atom is -0.306 e. The Bertz CT molecular complexity index is 2390. The van der Waals surface area contributed by atoms with Gasteiger partial charge < -0.3 is 9.80 Å². The van der Waals surface area contributed by atoms with Crippen LogP contribution in [-0.4, -0.2) is 66.8 Å². The van der Waals surface area contributed by atoms with Gasteiger partial charge in [0, 0.05) is 56.8 Å². The quantitative estimate of drug-likeness (QED) is 0.0984. The van der Waals surface area contributed by atoms with Crippen molar-refractivity contribution in [2.75, 3.05) is 31.9 Å². The zero-order chi connectivity index (χ0) is 39.4. The molecule has 0 unspecified atom stereocenters. The van der Waals surface area contributed by atoms with Crippen molar-refractivity contribution >= 4 is 109 Å². The second-order valence-electron chi connectivity index (χ2n) is 16.9. The van der Waals surface area contributed by atoms with E-state index in [0.29, 0.717) is 29.5 Å². The Labute approximate surface area is 354 Å². The first-order valence-electron chi connectivity index (χ1n) is 19.3. The maximum absolute atomic E-state index is 15.1. The molecule has 0 aromatic carbocycles. The first kappa shape index (κ1) is 39.8. The van der Waals surface area contributed by atoms with Crippen LogP contribution in [0.2, 0.25) is 25.7 Å². The highest BCUT2D eigenvalue weighted by Gasteiger charge is 2.49. The van der Waals surface area contributed by atoms with E-state index in [1.807, 2.05) is 9.80 Å². The van der Waals surface area contributed by atoms with Gasteiger partial charge in [0.1, 0.15) is 0 Å². The van der Waals surface area contributed by atoms with E-state index in [0.717, 1.165) is 57.8 Å². The van der Waals surface area contributed by atoms with Crippen molar-refractivity contribution < 1.29 is 9.59 Å². The molecule has 56 heavy (non-hydrogen) atoms. The van der Waals surface area contributed by atoms with E-state index in [9.17, 15) is 0 Å². The molecule has 11 heteroatoms. The lowest BCUT2D eigenvalue weighted by molar-refractivity contribution is -0.124. The molecule has 8 rings (SSSR count). The third-order valence-electron chi connectivity index (χ3n) is 11.0. The number of thiophene rings is 5. The van der Waals surface area contributed by atoms with Gasteiger partial charge in [0.15, 0.2) is 0 Å². The average Bonchev–Trinajstić information content (AvgIpc) is 3.99. The van der Waals surface area contributed by atoms with Gasteiger partial charge in [-0.25, -0.2) is 10.0 Å². The van der Waals surface area contributed by atoms with Crippen LogP contribution < -0.4 is 0 Å². The van der Waals surface area contributed by atoms with E-state index in [2.05, 4.69) is 129 Å². The van der Waals surface area contributed by atoms with Crippen LogP contribution in [0.5, 0.6) is 0 Å². The number of amides is 2. The molecule has 4 nitrogen and oxygen atoms in total. The second-order valence-corrected chi connectivity index (χ2v) is 32.4. The van der Waals surface area contributed by atoms with Crippen LogP contribution in [0, 0.1) is 0 Å². The average molecular weight is 871 g/mol. The van der Waals surface area contributed by atoms with Crippen molar-refractivity contribution in [3.8, 4) is 19.5 Å². The van der Waals surface area contributed by atoms with Crippen LogP contribution in [-0.2, 0) is 9.59 Å². The van der Waals surface area contributed by atoms with E-state index in [-0.39, 0.29) is 11.8 Å². The van der Waals surface area contributed by atoms with Crippen LogP contribution in [0.15, 0.2) is 94.7 Å². The molecule has 0 bridgehead atoms. The summed E-state index contributed by atoms with van der Waals surface area (Å²) in [7, 11) is -2.07. The summed E-state index contributed by atoms with van der Waals surface area (Å²) in [5.74, 6) is -0.0452. The molecular formula is C45H50N2O2S6Si. The molecule has 1 aliphatic carbocycles. The Kier molecular flexibility index (Phi) is 11.3. The largest absolute Gasteiger partial charge is 0.306 e. The molecular weight excluding hydrogens is 821 g/mol. The fraction of sp³-hybridized carbons (Fsp3) is 0.333. The standard InChI is InChI=1S/C45H50N2O2S6Si/c1-29(55(2,3)4)12-8-23-46-43(39-22-20-37(54-39)36-19-18-35(53-36)34-14-10-26-51-34)41-40(44(46)48)42(47(45(41)49)24-11-27-56(5,6)7)38-21-17-33(52-38)31-16-15-30(28-31)32-13-9-25-50-32/h9-10,13-22,25-26,29H,8,11-12,23-24,27-28H2,1-7H3/t29-/m1/s1. The van der Waals surface area contributed by atoms with E-state index in [4.69, 9.17) is 0 Å². The van der Waals surface area contributed by atoms with Gasteiger partial charge in [-0.3, -0.25) is 9.59 Å². The molecule has 3 aliphatic rings. The van der Waals surface area contributed by atoms with Crippen LogP contribution in [0.4, 0.5) is 0 Å². The van der Waals surface area contributed by atoms with Gasteiger partial charge in [0.2, 0.25) is 0 Å². The lowest BCUT2D eigenvalue weighted by Crippen LogP contribution is -2.31. The number of fused-ring (bicyclic) bond motifs is 1. The Balaban J connectivity index is 1.19. The number of nitrogens with zero attached hydrogens (tertiary/aromatic N) is 2. The minimum atomic E-state index is -1.34. The highest BCUT2D eigenvalue weighted by Crippen LogP contribution is 2.51. The molecule has 292 valence electrons. The summed E-state index contributed by atoms with van der Waals surface area (Å²) in [4.78, 5) is 43.4. The van der Waals surface area contributed by atoms with E-state index >= 15 is 9.59 Å². The molecule has 2 aliphatic heterocycles. The zero-order valence-corrected chi connectivity index (χ0v) is 39.2. The van der Waals surface area contributed by atoms with Gasteiger partial charge in [0.25, 0.3) is 11.8 Å². The minimum absolute atomic E-state index is 0.0216. The number of rotatable bonds is 15. The third kappa shape index (κ3) is 8.02. The summed E-state index contributed by atoms with van der Waals surface area (Å²) < 4.78 is 0. The maximum Gasteiger partial charge on any atom is 0.261 e. The number of carbonyl (C=O) groups excluding carboxylic acids is 2. The molecule has 1 atom stereocenters. The molecule has 0 fully saturated rings. The summed E-state index contributed by atoms with van der Waals surface area (Å²) in [5.41, 5.74) is 5.46. The number of carbonyl (C=O) groups is 2. The first-order valence-corrected chi connectivity index (χ1v) is 30.2. The molecule has 2 amide bonds. The maximum atomic E-state index is 15.1. The summed E-state index contributed by atoms with van der Waals surface area (Å²) in [5, 5.41) is 4.84. The van der Waals surface area contributed by atoms with Crippen molar-refractivity contribution in [3.63, 3.8) is 0 Å². The Morgan fingerprint density at radius 2 is 1.09 bits per heavy atom. The highest BCUT2D eigenvalue weighted by atomic mass is 32.3. The van der Waals surface area contributed by atoms with E-state index < -0.39 is 18.1 Å². The van der Waals surface area contributed by atoms with Gasteiger partial charge in [-0.15, -0.1) is 56.7 Å². The van der Waals surface area contributed by atoms with Gasteiger partial charge in [0.05, 0.1) is 32.3 Å². The molecule has 0 radical (unpaired) electrons. The van der Waals surface area contributed by atoms with E-state index in [1.165, 1.54) is 35.5 Å². The highest BCUT2D eigenvalue weighted by molar-refractivity contribution is 8.32. The fourth-order valence-corrected chi connectivity index (χ4v) is 14.5. The Morgan fingerprint density at radius 1 is 0.625 bits per heavy atom.